The average Bonchev–Trinajstić information content (AvgIpc) is 2.99. The molecule has 1 heterocycles. The Morgan fingerprint density at radius 2 is 1.72 bits per heavy atom. The summed E-state index contributed by atoms with van der Waals surface area (Å²) in [5, 5.41) is 12.1. The Kier molecular flexibility index (Phi) is 3.75. The number of nitrogens with one attached hydrogen (secondary N) is 1. The molecule has 1 aromatic rings. The molecular formula is C23H19NO5. The number of fused-ring (bicyclic) bond motifs is 3. The molecule has 0 spiro atoms. The summed E-state index contributed by atoms with van der Waals surface area (Å²) in [5.74, 6) is -2.54. The molecule has 0 bridgehead atoms. The number of aromatic hydroxyl groups is 1. The Morgan fingerprint density at radius 3 is 2.45 bits per heavy atom. The van der Waals surface area contributed by atoms with E-state index in [1.54, 1.807) is 31.2 Å². The van der Waals surface area contributed by atoms with Gasteiger partial charge in [-0.25, -0.2) is 0 Å². The molecule has 2 N–H and O–H groups in total. The van der Waals surface area contributed by atoms with Gasteiger partial charge >= 0.3 is 0 Å². The molecule has 3 aliphatic carbocycles. The van der Waals surface area contributed by atoms with E-state index >= 15 is 0 Å². The maximum Gasteiger partial charge on any atom is 0.231 e. The largest absolute Gasteiger partial charge is 0.508 e. The highest BCUT2D eigenvalue weighted by Crippen LogP contribution is 2.54. The first-order valence-electron chi connectivity index (χ1n) is 9.70. The van der Waals surface area contributed by atoms with E-state index in [-0.39, 0.29) is 41.5 Å². The van der Waals surface area contributed by atoms with E-state index in [9.17, 15) is 24.3 Å². The Labute approximate surface area is 167 Å². The van der Waals surface area contributed by atoms with Crippen molar-refractivity contribution in [3.8, 4) is 5.75 Å². The van der Waals surface area contributed by atoms with Gasteiger partial charge in [0, 0.05) is 22.6 Å². The number of hydrogen-bond acceptors (Lipinski definition) is 5. The summed E-state index contributed by atoms with van der Waals surface area (Å²) in [7, 11) is 0. The summed E-state index contributed by atoms with van der Waals surface area (Å²) in [4.78, 5) is 50.6. The summed E-state index contributed by atoms with van der Waals surface area (Å²) in [6.07, 6.45) is 4.05. The lowest BCUT2D eigenvalue weighted by Gasteiger charge is -2.42. The highest BCUT2D eigenvalue weighted by Gasteiger charge is 2.53. The molecule has 1 fully saturated rings. The number of phenolic OH excluding ortho intramolecular Hbond substituents is 1. The van der Waals surface area contributed by atoms with Crippen LogP contribution in [-0.4, -0.2) is 28.5 Å². The lowest BCUT2D eigenvalue weighted by atomic mass is 9.59. The number of Topliss-reactive ketones (excluding diaryl/α,β-unsaturated/α-hetero) is 1. The monoisotopic (exact) mass is 389 g/mol. The number of phenols is 1. The van der Waals surface area contributed by atoms with Crippen LogP contribution in [0.15, 0.2) is 58.7 Å². The quantitative estimate of drug-likeness (QED) is 0.435. The highest BCUT2D eigenvalue weighted by molar-refractivity contribution is 6.23. The molecule has 0 radical (unpaired) electrons. The number of benzene rings is 1. The maximum atomic E-state index is 13.1. The number of imide groups is 1. The third-order valence-corrected chi connectivity index (χ3v) is 6.63. The van der Waals surface area contributed by atoms with Crippen molar-refractivity contribution in [3.63, 3.8) is 0 Å². The molecule has 6 nitrogen and oxygen atoms in total. The number of allylic oxidation sites excluding steroid dienone is 6. The average molecular weight is 389 g/mol. The van der Waals surface area contributed by atoms with Crippen molar-refractivity contribution in [2.75, 3.05) is 0 Å². The first-order valence-corrected chi connectivity index (χ1v) is 9.70. The van der Waals surface area contributed by atoms with Crippen LogP contribution >= 0.6 is 0 Å². The van der Waals surface area contributed by atoms with Gasteiger partial charge in [-0.3, -0.25) is 24.5 Å². The molecule has 1 aromatic carbocycles. The van der Waals surface area contributed by atoms with Crippen LogP contribution in [0.2, 0.25) is 0 Å². The van der Waals surface area contributed by atoms with Gasteiger partial charge in [-0.1, -0.05) is 23.8 Å². The molecule has 5 rings (SSSR count). The lowest BCUT2D eigenvalue weighted by Crippen LogP contribution is -2.39. The van der Waals surface area contributed by atoms with Crippen molar-refractivity contribution in [2.24, 2.45) is 17.8 Å². The Bertz CT molecular complexity index is 1090. The first-order chi connectivity index (χ1) is 13.9. The predicted octanol–water partition coefficient (Wildman–Crippen LogP) is 2.11. The summed E-state index contributed by atoms with van der Waals surface area (Å²) in [5.41, 5.74) is 3.00. The Morgan fingerprint density at radius 1 is 1.00 bits per heavy atom. The fourth-order valence-electron chi connectivity index (χ4n) is 5.32. The normalized spacial score (nSPS) is 30.9. The molecular weight excluding hydrogens is 370 g/mol. The van der Waals surface area contributed by atoms with Crippen LogP contribution in [0, 0.1) is 17.8 Å². The number of hydrogen-bond donors (Lipinski definition) is 2. The maximum absolute atomic E-state index is 13.1. The zero-order valence-corrected chi connectivity index (χ0v) is 15.8. The molecule has 6 heteroatoms. The van der Waals surface area contributed by atoms with Gasteiger partial charge < -0.3 is 5.11 Å². The van der Waals surface area contributed by atoms with E-state index in [1.807, 2.05) is 6.08 Å². The van der Waals surface area contributed by atoms with E-state index in [1.165, 1.54) is 6.08 Å². The van der Waals surface area contributed by atoms with Gasteiger partial charge in [-0.05, 0) is 49.5 Å². The van der Waals surface area contributed by atoms with Crippen LogP contribution in [-0.2, 0) is 19.2 Å². The van der Waals surface area contributed by atoms with Crippen molar-refractivity contribution in [1.29, 1.82) is 0 Å². The molecule has 4 atom stereocenters. The number of carbonyl (C=O) groups excluding carboxylic acids is 4. The molecule has 2 amide bonds. The first kappa shape index (κ1) is 17.8. The zero-order chi connectivity index (χ0) is 20.4. The van der Waals surface area contributed by atoms with Crippen molar-refractivity contribution in [3.05, 3.63) is 64.3 Å². The van der Waals surface area contributed by atoms with E-state index in [0.29, 0.717) is 23.1 Å². The number of amides is 2. The van der Waals surface area contributed by atoms with Gasteiger partial charge in [-0.15, -0.1) is 0 Å². The molecule has 1 saturated heterocycles. The fraction of sp³-hybridized carbons (Fsp3) is 0.304. The van der Waals surface area contributed by atoms with Gasteiger partial charge in [-0.2, -0.15) is 0 Å². The smallest absolute Gasteiger partial charge is 0.231 e. The Balaban J connectivity index is 1.71. The van der Waals surface area contributed by atoms with Crippen LogP contribution in [0.25, 0.3) is 0 Å². The van der Waals surface area contributed by atoms with Gasteiger partial charge in [0.25, 0.3) is 0 Å². The number of ketones is 2. The van der Waals surface area contributed by atoms with Crippen molar-refractivity contribution in [2.45, 2.75) is 25.7 Å². The third kappa shape index (κ3) is 2.48. The minimum Gasteiger partial charge on any atom is -0.508 e. The summed E-state index contributed by atoms with van der Waals surface area (Å²) < 4.78 is 0. The minimum absolute atomic E-state index is 0.107. The van der Waals surface area contributed by atoms with Crippen molar-refractivity contribution < 1.29 is 24.3 Å². The number of carbonyl (C=O) groups is 4. The van der Waals surface area contributed by atoms with Crippen molar-refractivity contribution >= 4 is 23.4 Å². The van der Waals surface area contributed by atoms with Gasteiger partial charge in [0.05, 0.1) is 11.8 Å². The van der Waals surface area contributed by atoms with Gasteiger partial charge in [0.1, 0.15) is 5.75 Å². The van der Waals surface area contributed by atoms with Crippen LogP contribution in [0.4, 0.5) is 0 Å². The SMILES string of the molecule is CC1=CC(=O)C2=C(C1=O)[C@@H](c1ccc(O)cc1)C1=CC[C@@H]3C(=O)NC(=O)[C@@H]3[C@@H]1C2. The van der Waals surface area contributed by atoms with E-state index in [2.05, 4.69) is 5.32 Å². The van der Waals surface area contributed by atoms with Crippen LogP contribution in [0.5, 0.6) is 5.75 Å². The minimum atomic E-state index is -0.522. The standard InChI is InChI=1S/C23H19NO5/c1-10-8-17(26)16-9-15-13(6-7-14-19(15)23(29)24-22(14)28)18(20(16)21(10)27)11-2-4-12(25)5-3-11/h2-6,8,14-15,18-19,25H,7,9H2,1H3,(H,24,28,29)/t14-,15+,18-,19-/m0/s1. The fourth-order valence-corrected chi connectivity index (χ4v) is 5.32. The van der Waals surface area contributed by atoms with Gasteiger partial charge in [0.15, 0.2) is 11.6 Å². The summed E-state index contributed by atoms with van der Waals surface area (Å²) in [6.45, 7) is 1.64. The molecule has 0 unspecified atom stereocenters. The molecule has 0 saturated carbocycles. The zero-order valence-electron chi connectivity index (χ0n) is 15.8. The van der Waals surface area contributed by atoms with Crippen molar-refractivity contribution in [1.82, 2.24) is 5.32 Å². The molecule has 1 aliphatic heterocycles. The van der Waals surface area contributed by atoms with E-state index in [0.717, 1.165) is 11.1 Å². The van der Waals surface area contributed by atoms with Crippen LogP contribution in [0.3, 0.4) is 0 Å². The second kappa shape index (κ2) is 6.11. The van der Waals surface area contributed by atoms with E-state index in [4.69, 9.17) is 0 Å². The summed E-state index contributed by atoms with van der Waals surface area (Å²) >= 11 is 0. The second-order valence-electron chi connectivity index (χ2n) is 8.17. The lowest BCUT2D eigenvalue weighted by molar-refractivity contribution is -0.126. The third-order valence-electron chi connectivity index (χ3n) is 6.63. The van der Waals surface area contributed by atoms with E-state index < -0.39 is 17.8 Å². The Hall–Kier alpha value is -3.28. The molecule has 29 heavy (non-hydrogen) atoms. The second-order valence-corrected chi connectivity index (χ2v) is 8.17. The summed E-state index contributed by atoms with van der Waals surface area (Å²) in [6, 6.07) is 6.58. The molecule has 0 aromatic heterocycles. The number of rotatable bonds is 1. The van der Waals surface area contributed by atoms with Gasteiger partial charge in [0.2, 0.25) is 11.8 Å². The molecule has 146 valence electrons. The van der Waals surface area contributed by atoms with Crippen LogP contribution < -0.4 is 5.32 Å². The molecule has 4 aliphatic rings. The predicted molar refractivity (Wildman–Crippen MR) is 103 cm³/mol. The van der Waals surface area contributed by atoms with Crippen LogP contribution in [0.1, 0.15) is 31.2 Å². The topological polar surface area (TPSA) is 101 Å². The highest BCUT2D eigenvalue weighted by atomic mass is 16.3.